The first-order valence-corrected chi connectivity index (χ1v) is 4.83. The largest absolute Gasteiger partial charge is 0.462 e. The Morgan fingerprint density at radius 3 is 2.29 bits per heavy atom. The number of esters is 1. The van der Waals surface area contributed by atoms with Gasteiger partial charge in [0.25, 0.3) is 0 Å². The maximum absolute atomic E-state index is 10.8. The standard InChI is InChI=1S/C12H16O2/c1-9(10(2)14-11(3)13)12-7-5-4-6-8-12/h4-10H,1-3H3. The second-order valence-electron chi connectivity index (χ2n) is 3.51. The van der Waals surface area contributed by atoms with Crippen molar-refractivity contribution < 1.29 is 9.53 Å². The quantitative estimate of drug-likeness (QED) is 0.688. The lowest BCUT2D eigenvalue weighted by Crippen LogP contribution is -2.19. The van der Waals surface area contributed by atoms with E-state index in [0.717, 1.165) is 0 Å². The SMILES string of the molecule is CC(=O)OC(C)C(C)c1ccccc1. The van der Waals surface area contributed by atoms with Gasteiger partial charge in [0.05, 0.1) is 0 Å². The number of rotatable bonds is 3. The van der Waals surface area contributed by atoms with Crippen LogP contribution in [0.25, 0.3) is 0 Å². The van der Waals surface area contributed by atoms with E-state index in [1.165, 1.54) is 12.5 Å². The monoisotopic (exact) mass is 192 g/mol. The average Bonchev–Trinajstić information content (AvgIpc) is 2.17. The number of hydrogen-bond acceptors (Lipinski definition) is 2. The number of carbonyl (C=O) groups is 1. The molecule has 0 aliphatic carbocycles. The maximum Gasteiger partial charge on any atom is 0.302 e. The van der Waals surface area contributed by atoms with Gasteiger partial charge >= 0.3 is 5.97 Å². The van der Waals surface area contributed by atoms with Gasteiger partial charge in [-0.2, -0.15) is 0 Å². The Kier molecular flexibility index (Phi) is 3.69. The number of carbonyl (C=O) groups excluding carboxylic acids is 1. The Balaban J connectivity index is 2.65. The van der Waals surface area contributed by atoms with Crippen LogP contribution >= 0.6 is 0 Å². The highest BCUT2D eigenvalue weighted by atomic mass is 16.5. The highest BCUT2D eigenvalue weighted by Gasteiger charge is 2.16. The normalized spacial score (nSPS) is 14.5. The predicted octanol–water partition coefficient (Wildman–Crippen LogP) is 2.74. The van der Waals surface area contributed by atoms with E-state index >= 15 is 0 Å². The van der Waals surface area contributed by atoms with Crippen LogP contribution < -0.4 is 0 Å². The molecule has 0 spiro atoms. The third-order valence-electron chi connectivity index (χ3n) is 2.38. The molecule has 0 radical (unpaired) electrons. The topological polar surface area (TPSA) is 26.3 Å². The fourth-order valence-electron chi connectivity index (χ4n) is 1.39. The molecule has 2 unspecified atom stereocenters. The first-order chi connectivity index (χ1) is 6.61. The third-order valence-corrected chi connectivity index (χ3v) is 2.38. The summed E-state index contributed by atoms with van der Waals surface area (Å²) >= 11 is 0. The summed E-state index contributed by atoms with van der Waals surface area (Å²) in [6, 6.07) is 10.1. The van der Waals surface area contributed by atoms with Crippen molar-refractivity contribution in [1.82, 2.24) is 0 Å². The van der Waals surface area contributed by atoms with Crippen molar-refractivity contribution in [1.29, 1.82) is 0 Å². The van der Waals surface area contributed by atoms with Gasteiger partial charge in [0.2, 0.25) is 0 Å². The molecule has 0 saturated carbocycles. The first kappa shape index (κ1) is 10.8. The molecule has 2 nitrogen and oxygen atoms in total. The Labute approximate surface area is 84.9 Å². The lowest BCUT2D eigenvalue weighted by atomic mass is 9.96. The van der Waals surface area contributed by atoms with Gasteiger partial charge in [-0.25, -0.2) is 0 Å². The van der Waals surface area contributed by atoms with Crippen LogP contribution in [0.1, 0.15) is 32.3 Å². The van der Waals surface area contributed by atoms with E-state index in [4.69, 9.17) is 4.74 Å². The summed E-state index contributed by atoms with van der Waals surface area (Å²) in [5.41, 5.74) is 1.20. The minimum absolute atomic E-state index is 0.0742. The van der Waals surface area contributed by atoms with Crippen molar-refractivity contribution in [3.05, 3.63) is 35.9 Å². The first-order valence-electron chi connectivity index (χ1n) is 4.83. The van der Waals surface area contributed by atoms with Gasteiger partial charge in [-0.3, -0.25) is 4.79 Å². The van der Waals surface area contributed by atoms with Gasteiger partial charge < -0.3 is 4.74 Å². The summed E-state index contributed by atoms with van der Waals surface area (Å²) in [5, 5.41) is 0. The van der Waals surface area contributed by atoms with Crippen molar-refractivity contribution in [2.24, 2.45) is 0 Å². The third kappa shape index (κ3) is 2.87. The molecule has 0 amide bonds. The van der Waals surface area contributed by atoms with E-state index in [2.05, 4.69) is 6.92 Å². The highest BCUT2D eigenvalue weighted by Crippen LogP contribution is 2.20. The second-order valence-corrected chi connectivity index (χ2v) is 3.51. The molecule has 0 heterocycles. The van der Waals surface area contributed by atoms with E-state index in [9.17, 15) is 4.79 Å². The van der Waals surface area contributed by atoms with Gasteiger partial charge in [-0.1, -0.05) is 37.3 Å². The van der Waals surface area contributed by atoms with E-state index in [-0.39, 0.29) is 18.0 Å². The van der Waals surface area contributed by atoms with Crippen LogP contribution in [0.2, 0.25) is 0 Å². The van der Waals surface area contributed by atoms with Crippen LogP contribution in [0.5, 0.6) is 0 Å². The summed E-state index contributed by atoms with van der Waals surface area (Å²) in [6.07, 6.45) is -0.0742. The molecule has 0 saturated heterocycles. The molecule has 1 rings (SSSR count). The van der Waals surface area contributed by atoms with Crippen LogP contribution in [0.4, 0.5) is 0 Å². The molecule has 2 heteroatoms. The van der Waals surface area contributed by atoms with Crippen LogP contribution in [0.15, 0.2) is 30.3 Å². The van der Waals surface area contributed by atoms with Crippen LogP contribution in [0.3, 0.4) is 0 Å². The lowest BCUT2D eigenvalue weighted by Gasteiger charge is -2.19. The second kappa shape index (κ2) is 4.80. The average molecular weight is 192 g/mol. The molecule has 2 atom stereocenters. The number of benzene rings is 1. The number of hydrogen-bond donors (Lipinski definition) is 0. The van der Waals surface area contributed by atoms with Crippen molar-refractivity contribution >= 4 is 5.97 Å². The highest BCUT2D eigenvalue weighted by molar-refractivity contribution is 5.66. The zero-order valence-electron chi connectivity index (χ0n) is 8.86. The summed E-state index contributed by atoms with van der Waals surface area (Å²) in [7, 11) is 0. The molecular formula is C12H16O2. The van der Waals surface area contributed by atoms with Crippen LogP contribution in [0, 0.1) is 0 Å². The van der Waals surface area contributed by atoms with Gasteiger partial charge in [-0.05, 0) is 12.5 Å². The maximum atomic E-state index is 10.8. The summed E-state index contributed by atoms with van der Waals surface area (Å²) < 4.78 is 5.13. The van der Waals surface area contributed by atoms with Gasteiger partial charge in [0.1, 0.15) is 6.10 Å². The molecule has 1 aromatic carbocycles. The summed E-state index contributed by atoms with van der Waals surface area (Å²) in [6.45, 7) is 5.41. The van der Waals surface area contributed by atoms with E-state index < -0.39 is 0 Å². The molecule has 0 bridgehead atoms. The molecule has 0 N–H and O–H groups in total. The molecule has 0 aromatic heterocycles. The van der Waals surface area contributed by atoms with Crippen molar-refractivity contribution in [3.63, 3.8) is 0 Å². The predicted molar refractivity (Wildman–Crippen MR) is 56.1 cm³/mol. The van der Waals surface area contributed by atoms with E-state index in [1.54, 1.807) is 0 Å². The van der Waals surface area contributed by atoms with E-state index in [1.807, 2.05) is 37.3 Å². The molecule has 1 aromatic rings. The Morgan fingerprint density at radius 2 is 1.79 bits per heavy atom. The fourth-order valence-corrected chi connectivity index (χ4v) is 1.39. The minimum Gasteiger partial charge on any atom is -0.462 e. The van der Waals surface area contributed by atoms with Crippen molar-refractivity contribution in [3.8, 4) is 0 Å². The van der Waals surface area contributed by atoms with Gasteiger partial charge in [-0.15, -0.1) is 0 Å². The Hall–Kier alpha value is -1.31. The minimum atomic E-state index is -0.222. The molecule has 0 aliphatic heterocycles. The van der Waals surface area contributed by atoms with E-state index in [0.29, 0.717) is 0 Å². The summed E-state index contributed by atoms with van der Waals surface area (Å²) in [4.78, 5) is 10.8. The Bertz CT molecular complexity index is 292. The number of ether oxygens (including phenoxy) is 1. The lowest BCUT2D eigenvalue weighted by molar-refractivity contribution is -0.146. The van der Waals surface area contributed by atoms with Gasteiger partial charge in [0, 0.05) is 12.8 Å². The molecule has 14 heavy (non-hydrogen) atoms. The zero-order chi connectivity index (χ0) is 10.6. The molecular weight excluding hydrogens is 176 g/mol. The van der Waals surface area contributed by atoms with Crippen molar-refractivity contribution in [2.75, 3.05) is 0 Å². The zero-order valence-corrected chi connectivity index (χ0v) is 8.86. The van der Waals surface area contributed by atoms with Crippen LogP contribution in [-0.2, 0) is 9.53 Å². The molecule has 76 valence electrons. The fraction of sp³-hybridized carbons (Fsp3) is 0.417. The molecule has 0 aliphatic rings. The van der Waals surface area contributed by atoms with Gasteiger partial charge in [0.15, 0.2) is 0 Å². The summed E-state index contributed by atoms with van der Waals surface area (Å²) in [5.74, 6) is 0.0142. The smallest absolute Gasteiger partial charge is 0.302 e. The Morgan fingerprint density at radius 1 is 1.21 bits per heavy atom. The van der Waals surface area contributed by atoms with Crippen molar-refractivity contribution in [2.45, 2.75) is 32.8 Å². The molecule has 0 fully saturated rings. The van der Waals surface area contributed by atoms with Crippen LogP contribution in [-0.4, -0.2) is 12.1 Å².